The van der Waals surface area contributed by atoms with Gasteiger partial charge in [0.05, 0.1) is 0 Å². The van der Waals surface area contributed by atoms with Crippen molar-refractivity contribution in [3.05, 3.63) is 65.5 Å². The topological polar surface area (TPSA) is 58.6 Å². The molecule has 1 N–H and O–H groups in total. The molecule has 1 unspecified atom stereocenters. The second kappa shape index (κ2) is 11.2. The zero-order valence-electron chi connectivity index (χ0n) is 17.3. The van der Waals surface area contributed by atoms with Crippen molar-refractivity contribution in [1.82, 2.24) is 10.2 Å². The third-order valence-corrected chi connectivity index (χ3v) is 4.71. The van der Waals surface area contributed by atoms with Crippen molar-refractivity contribution >= 4 is 11.8 Å². The van der Waals surface area contributed by atoms with Crippen LogP contribution in [0.25, 0.3) is 0 Å². The molecule has 2 amide bonds. The zero-order valence-corrected chi connectivity index (χ0v) is 17.3. The molecule has 1 atom stereocenters. The fraction of sp³-hybridized carbons (Fsp3) is 0.391. The van der Waals surface area contributed by atoms with E-state index < -0.39 is 6.04 Å². The average Bonchev–Trinajstić information content (AvgIpc) is 2.72. The minimum atomic E-state index is -0.592. The fourth-order valence-corrected chi connectivity index (χ4v) is 3.02. The van der Waals surface area contributed by atoms with Crippen LogP contribution in [-0.4, -0.2) is 35.9 Å². The number of aryl methyl sites for hydroxylation is 1. The van der Waals surface area contributed by atoms with E-state index in [0.29, 0.717) is 25.3 Å². The fourth-order valence-electron chi connectivity index (χ4n) is 3.02. The molecule has 6 heteroatoms. The van der Waals surface area contributed by atoms with Crippen LogP contribution in [0.3, 0.4) is 0 Å². The predicted octanol–water partition coefficient (Wildman–Crippen LogP) is 3.85. The summed E-state index contributed by atoms with van der Waals surface area (Å²) in [5, 5.41) is 2.88. The maximum atomic E-state index is 13.1. The van der Waals surface area contributed by atoms with Crippen LogP contribution in [0.4, 0.5) is 4.39 Å². The highest BCUT2D eigenvalue weighted by molar-refractivity contribution is 5.88. The number of halogens is 1. The maximum Gasteiger partial charge on any atom is 0.261 e. The molecule has 0 aliphatic carbocycles. The molecule has 156 valence electrons. The van der Waals surface area contributed by atoms with Crippen molar-refractivity contribution in [2.24, 2.45) is 0 Å². The minimum Gasteiger partial charge on any atom is -0.484 e. The van der Waals surface area contributed by atoms with Crippen LogP contribution in [0.1, 0.15) is 37.8 Å². The van der Waals surface area contributed by atoms with Crippen molar-refractivity contribution in [1.29, 1.82) is 0 Å². The molecule has 0 saturated heterocycles. The minimum absolute atomic E-state index is 0.168. The summed E-state index contributed by atoms with van der Waals surface area (Å²) in [5.41, 5.74) is 2.03. The Balaban J connectivity index is 2.19. The Labute approximate surface area is 171 Å². The van der Waals surface area contributed by atoms with Crippen molar-refractivity contribution in [3.63, 3.8) is 0 Å². The van der Waals surface area contributed by atoms with Crippen LogP contribution in [0.5, 0.6) is 5.75 Å². The first-order valence-electron chi connectivity index (χ1n) is 9.96. The van der Waals surface area contributed by atoms with E-state index in [4.69, 9.17) is 4.74 Å². The summed E-state index contributed by atoms with van der Waals surface area (Å²) >= 11 is 0. The number of ether oxygens (including phenoxy) is 1. The number of nitrogens with one attached hydrogen (secondary N) is 1. The highest BCUT2D eigenvalue weighted by atomic mass is 19.1. The molecule has 0 fully saturated rings. The monoisotopic (exact) mass is 400 g/mol. The maximum absolute atomic E-state index is 13.1. The third kappa shape index (κ3) is 6.59. The van der Waals surface area contributed by atoms with Crippen molar-refractivity contribution in [3.8, 4) is 5.75 Å². The van der Waals surface area contributed by atoms with Crippen molar-refractivity contribution in [2.45, 2.75) is 46.2 Å². The highest BCUT2D eigenvalue weighted by Crippen LogP contribution is 2.17. The van der Waals surface area contributed by atoms with Gasteiger partial charge in [0.15, 0.2) is 6.61 Å². The van der Waals surface area contributed by atoms with Crippen molar-refractivity contribution in [2.75, 3.05) is 13.2 Å². The van der Waals surface area contributed by atoms with Crippen LogP contribution in [0, 0.1) is 12.7 Å². The van der Waals surface area contributed by atoms with E-state index in [9.17, 15) is 14.0 Å². The molecule has 0 aliphatic heterocycles. The summed E-state index contributed by atoms with van der Waals surface area (Å²) in [4.78, 5) is 27.3. The van der Waals surface area contributed by atoms with Gasteiger partial charge in [-0.2, -0.15) is 0 Å². The molecule has 0 heterocycles. The lowest BCUT2D eigenvalue weighted by Gasteiger charge is -2.31. The van der Waals surface area contributed by atoms with E-state index in [-0.39, 0.29) is 24.2 Å². The molecule has 0 spiro atoms. The van der Waals surface area contributed by atoms with Gasteiger partial charge in [0.25, 0.3) is 5.91 Å². The van der Waals surface area contributed by atoms with Gasteiger partial charge in [-0.05, 0) is 55.2 Å². The molecule has 2 aromatic carbocycles. The van der Waals surface area contributed by atoms with Crippen LogP contribution in [-0.2, 0) is 16.1 Å². The van der Waals surface area contributed by atoms with Gasteiger partial charge < -0.3 is 15.0 Å². The van der Waals surface area contributed by atoms with Gasteiger partial charge in [0, 0.05) is 13.1 Å². The number of benzene rings is 2. The number of nitrogens with zero attached hydrogens (tertiary/aromatic N) is 1. The summed E-state index contributed by atoms with van der Waals surface area (Å²) in [7, 11) is 0. The second-order valence-corrected chi connectivity index (χ2v) is 6.91. The summed E-state index contributed by atoms with van der Waals surface area (Å²) in [6.07, 6.45) is 1.31. The average molecular weight is 400 g/mol. The summed E-state index contributed by atoms with van der Waals surface area (Å²) in [6, 6.07) is 12.7. The van der Waals surface area contributed by atoms with E-state index >= 15 is 0 Å². The lowest BCUT2D eigenvalue weighted by Crippen LogP contribution is -2.50. The Morgan fingerprint density at radius 2 is 1.79 bits per heavy atom. The molecule has 0 aromatic heterocycles. The number of amides is 2. The first-order valence-corrected chi connectivity index (χ1v) is 9.96. The Kier molecular flexibility index (Phi) is 8.65. The first-order chi connectivity index (χ1) is 14.0. The van der Waals surface area contributed by atoms with E-state index in [1.54, 1.807) is 4.90 Å². The molecule has 2 aromatic rings. The number of carbonyl (C=O) groups is 2. The SMILES string of the molecule is CCCNC(=O)C(CC)N(Cc1ccccc1C)C(=O)COc1ccc(F)cc1. The molecular formula is C23H29FN2O3. The van der Waals surface area contributed by atoms with E-state index in [1.165, 1.54) is 24.3 Å². The molecule has 0 radical (unpaired) electrons. The molecule has 0 saturated carbocycles. The lowest BCUT2D eigenvalue weighted by molar-refractivity contribution is -0.143. The predicted molar refractivity (Wildman–Crippen MR) is 111 cm³/mol. The van der Waals surface area contributed by atoms with Gasteiger partial charge in [0.2, 0.25) is 5.91 Å². The van der Waals surface area contributed by atoms with Gasteiger partial charge in [-0.25, -0.2) is 4.39 Å². The van der Waals surface area contributed by atoms with Crippen LogP contribution in [0.2, 0.25) is 0 Å². The molecule has 5 nitrogen and oxygen atoms in total. The summed E-state index contributed by atoms with van der Waals surface area (Å²) in [5.74, 6) is -0.434. The zero-order chi connectivity index (χ0) is 21.2. The largest absolute Gasteiger partial charge is 0.484 e. The Morgan fingerprint density at radius 3 is 2.41 bits per heavy atom. The molecule has 0 aliphatic rings. The Morgan fingerprint density at radius 1 is 1.10 bits per heavy atom. The third-order valence-electron chi connectivity index (χ3n) is 4.71. The molecule has 0 bridgehead atoms. The molecule has 29 heavy (non-hydrogen) atoms. The summed E-state index contributed by atoms with van der Waals surface area (Å²) < 4.78 is 18.6. The van der Waals surface area contributed by atoms with Crippen LogP contribution >= 0.6 is 0 Å². The number of hydrogen-bond donors (Lipinski definition) is 1. The smallest absolute Gasteiger partial charge is 0.261 e. The van der Waals surface area contributed by atoms with Gasteiger partial charge in [-0.1, -0.05) is 38.1 Å². The summed E-state index contributed by atoms with van der Waals surface area (Å²) in [6.45, 7) is 6.49. The number of hydrogen-bond acceptors (Lipinski definition) is 3. The quantitative estimate of drug-likeness (QED) is 0.659. The van der Waals surface area contributed by atoms with E-state index in [2.05, 4.69) is 5.32 Å². The Hall–Kier alpha value is -2.89. The van der Waals surface area contributed by atoms with E-state index in [0.717, 1.165) is 17.5 Å². The van der Waals surface area contributed by atoms with E-state index in [1.807, 2.05) is 45.0 Å². The van der Waals surface area contributed by atoms with Crippen LogP contribution < -0.4 is 10.1 Å². The van der Waals surface area contributed by atoms with Gasteiger partial charge in [-0.15, -0.1) is 0 Å². The normalized spacial score (nSPS) is 11.6. The standard InChI is InChI=1S/C23H29FN2O3/c1-4-14-25-23(28)21(5-2)26(15-18-9-7-6-8-17(18)3)22(27)16-29-20-12-10-19(24)11-13-20/h6-13,21H,4-5,14-16H2,1-3H3,(H,25,28). The molecular weight excluding hydrogens is 371 g/mol. The number of carbonyl (C=O) groups excluding carboxylic acids is 2. The van der Waals surface area contributed by atoms with Gasteiger partial charge >= 0.3 is 0 Å². The lowest BCUT2D eigenvalue weighted by atomic mass is 10.1. The molecule has 2 rings (SSSR count). The first kappa shape index (κ1) is 22.4. The number of rotatable bonds is 10. The van der Waals surface area contributed by atoms with Gasteiger partial charge in [-0.3, -0.25) is 9.59 Å². The highest BCUT2D eigenvalue weighted by Gasteiger charge is 2.29. The van der Waals surface area contributed by atoms with Crippen LogP contribution in [0.15, 0.2) is 48.5 Å². The Bertz CT molecular complexity index is 808. The second-order valence-electron chi connectivity index (χ2n) is 6.91. The van der Waals surface area contributed by atoms with Crippen molar-refractivity contribution < 1.29 is 18.7 Å². The van der Waals surface area contributed by atoms with Gasteiger partial charge in [0.1, 0.15) is 17.6 Å².